The van der Waals surface area contributed by atoms with Crippen LogP contribution in [0.3, 0.4) is 0 Å². The van der Waals surface area contributed by atoms with E-state index in [0.29, 0.717) is 17.5 Å². The van der Waals surface area contributed by atoms with Gasteiger partial charge in [0, 0.05) is 48.9 Å². The van der Waals surface area contributed by atoms with E-state index in [0.717, 1.165) is 73.5 Å². The maximum absolute atomic E-state index is 15.1. The van der Waals surface area contributed by atoms with Crippen molar-refractivity contribution in [3.8, 4) is 11.1 Å². The molecule has 0 N–H and O–H groups in total. The number of hydrogen-bond acceptors (Lipinski definition) is 2. The highest BCUT2D eigenvalue weighted by atomic mass is 16.1. The van der Waals surface area contributed by atoms with Gasteiger partial charge in [-0.05, 0) is 149 Å². The lowest BCUT2D eigenvalue weighted by atomic mass is 9.60. The molecule has 0 saturated heterocycles. The summed E-state index contributed by atoms with van der Waals surface area (Å²) in [4.78, 5) is 30.2. The Kier molecular flexibility index (Phi) is 6.08. The lowest BCUT2D eigenvalue weighted by Gasteiger charge is -2.42. The smallest absolute Gasteiger partial charge is 0.169 e. The third kappa shape index (κ3) is 3.61. The predicted octanol–water partition coefficient (Wildman–Crippen LogP) is 13.6. The molecule has 2 aromatic heterocycles. The lowest BCUT2D eigenvalue weighted by Crippen LogP contribution is -2.39. The number of hydrogen-bond donors (Lipinski definition) is 0. The van der Waals surface area contributed by atoms with Crippen molar-refractivity contribution in [2.75, 3.05) is 0 Å². The minimum Gasteiger partial charge on any atom is -0.308 e. The average Bonchev–Trinajstić information content (AvgIpc) is 3.58. The molecule has 2 heterocycles. The first-order valence-electron chi connectivity index (χ1n) is 21.7. The Morgan fingerprint density at radius 2 is 1.02 bits per heavy atom. The first-order chi connectivity index (χ1) is 26.7. The van der Waals surface area contributed by atoms with Crippen molar-refractivity contribution in [2.24, 2.45) is 22.7 Å². The number of aromatic nitrogens is 1. The summed E-state index contributed by atoms with van der Waals surface area (Å²) >= 11 is 0. The molecule has 3 nitrogen and oxygen atoms in total. The topological polar surface area (TPSA) is 38.5 Å². The van der Waals surface area contributed by atoms with E-state index >= 15 is 9.59 Å². The third-order valence-electron chi connectivity index (χ3n) is 17.8. The summed E-state index contributed by atoms with van der Waals surface area (Å²) in [7, 11) is 0. The van der Waals surface area contributed by atoms with Gasteiger partial charge in [0.1, 0.15) is 0 Å². The Balaban J connectivity index is 1.30. The molecule has 5 aromatic carbocycles. The quantitative estimate of drug-likeness (QED) is 0.177. The van der Waals surface area contributed by atoms with Gasteiger partial charge in [0.05, 0.1) is 16.6 Å². The molecule has 0 radical (unpaired) electrons. The standard InChI is InChI=1S/C53H53NO2/c1-28(2)52-19-15-50(7,16-20-52)38-23-32-33-24-40-44(31-13-9-11-30-12-10-14-37(43(30)31)49(40,5)6)45-36-25-39-35(48(56)53(29(3)4)21-17-51(39,8)18-22-53)27-42(36)54(46(33)45)41(32)26-34(38)47(52)55/h9-14,23-29H,15-22H2,1-8H3. The molecule has 7 aromatic rings. The fourth-order valence-corrected chi connectivity index (χ4v) is 13.8. The van der Waals surface area contributed by atoms with Crippen molar-refractivity contribution in [1.82, 2.24) is 4.40 Å². The van der Waals surface area contributed by atoms with E-state index in [1.165, 1.54) is 71.2 Å². The van der Waals surface area contributed by atoms with Crippen molar-refractivity contribution in [2.45, 2.75) is 123 Å². The van der Waals surface area contributed by atoms with Crippen LogP contribution in [0.15, 0.2) is 66.7 Å². The fraction of sp³-hybridized carbons (Fsp3) is 0.434. The van der Waals surface area contributed by atoms with Gasteiger partial charge in [0.2, 0.25) is 0 Å². The molecule has 282 valence electrons. The maximum Gasteiger partial charge on any atom is 0.169 e. The minimum absolute atomic E-state index is 0.0287. The van der Waals surface area contributed by atoms with Gasteiger partial charge in [0.15, 0.2) is 11.6 Å². The molecule has 0 spiro atoms. The largest absolute Gasteiger partial charge is 0.308 e. The summed E-state index contributed by atoms with van der Waals surface area (Å²) in [6.07, 6.45) is 8.04. The predicted molar refractivity (Wildman–Crippen MR) is 231 cm³/mol. The Labute approximate surface area is 330 Å². The van der Waals surface area contributed by atoms with Gasteiger partial charge in [-0.2, -0.15) is 0 Å². The lowest BCUT2D eigenvalue weighted by molar-refractivity contribution is 0.0537. The van der Waals surface area contributed by atoms with Crippen LogP contribution in [0.5, 0.6) is 0 Å². The van der Waals surface area contributed by atoms with Crippen molar-refractivity contribution in [3.05, 3.63) is 100 Å². The van der Waals surface area contributed by atoms with Gasteiger partial charge in [-0.15, -0.1) is 0 Å². The van der Waals surface area contributed by atoms with Crippen LogP contribution in [0.4, 0.5) is 0 Å². The van der Waals surface area contributed by atoms with E-state index in [9.17, 15) is 0 Å². The highest BCUT2D eigenvalue weighted by Crippen LogP contribution is 2.61. The van der Waals surface area contributed by atoms with Gasteiger partial charge in [-0.25, -0.2) is 0 Å². The number of ketones is 2. The van der Waals surface area contributed by atoms with Crippen LogP contribution in [0.25, 0.3) is 60.0 Å². The zero-order valence-electron chi connectivity index (χ0n) is 34.4. The molecule has 7 aliphatic rings. The minimum atomic E-state index is -0.315. The molecular weight excluding hydrogens is 683 g/mol. The molecule has 0 atom stereocenters. The molecule has 56 heavy (non-hydrogen) atoms. The number of rotatable bonds is 2. The van der Waals surface area contributed by atoms with Crippen LogP contribution in [0.1, 0.15) is 150 Å². The number of carbonyl (C=O) groups is 2. The molecule has 2 saturated carbocycles. The van der Waals surface area contributed by atoms with Crippen LogP contribution in [0, 0.1) is 22.7 Å². The number of fused-ring (bicyclic) bond motifs is 13. The van der Waals surface area contributed by atoms with Crippen LogP contribution in [-0.4, -0.2) is 16.0 Å². The van der Waals surface area contributed by atoms with Gasteiger partial charge in [-0.3, -0.25) is 9.59 Å². The van der Waals surface area contributed by atoms with Gasteiger partial charge < -0.3 is 4.40 Å². The fourth-order valence-electron chi connectivity index (χ4n) is 13.8. The second-order valence-electron chi connectivity index (χ2n) is 21.0. The van der Waals surface area contributed by atoms with E-state index < -0.39 is 0 Å². The Morgan fingerprint density at radius 1 is 0.518 bits per heavy atom. The normalized spacial score (nSPS) is 29.0. The number of benzene rings is 5. The van der Waals surface area contributed by atoms with Crippen LogP contribution in [-0.2, 0) is 16.2 Å². The summed E-state index contributed by atoms with van der Waals surface area (Å²) < 4.78 is 2.50. The molecule has 3 heteroatoms. The van der Waals surface area contributed by atoms with Gasteiger partial charge in [-0.1, -0.05) is 91.8 Å². The van der Waals surface area contributed by atoms with Crippen molar-refractivity contribution in [3.63, 3.8) is 0 Å². The SMILES string of the molecule is CC(C)C12CCC(C)(CC1)c1cc3c4cc5c(c6c7cc8c(cc7n(c3cc1C2=O)c46)C(=O)C1(C(C)C)CCC8(C)CC1)-c1cccc2cccc(c12)C5(C)C. The van der Waals surface area contributed by atoms with E-state index in [4.69, 9.17) is 0 Å². The van der Waals surface area contributed by atoms with Crippen molar-refractivity contribution < 1.29 is 9.59 Å². The molecule has 2 fully saturated rings. The molecule has 14 rings (SSSR count). The first kappa shape index (κ1) is 33.6. The van der Waals surface area contributed by atoms with Crippen molar-refractivity contribution in [1.29, 1.82) is 0 Å². The van der Waals surface area contributed by atoms with E-state index in [1.807, 2.05) is 0 Å². The summed E-state index contributed by atoms with van der Waals surface area (Å²) in [5.41, 5.74) is 12.3. The molecule has 0 aliphatic heterocycles. The van der Waals surface area contributed by atoms with E-state index in [2.05, 4.69) is 127 Å². The third-order valence-corrected chi connectivity index (χ3v) is 17.8. The van der Waals surface area contributed by atoms with Gasteiger partial charge in [0.25, 0.3) is 0 Å². The van der Waals surface area contributed by atoms with Crippen LogP contribution >= 0.6 is 0 Å². The van der Waals surface area contributed by atoms with E-state index in [1.54, 1.807) is 0 Å². The van der Waals surface area contributed by atoms with E-state index in [-0.39, 0.29) is 33.0 Å². The highest BCUT2D eigenvalue weighted by molar-refractivity contribution is 6.30. The van der Waals surface area contributed by atoms with Crippen LogP contribution in [0.2, 0.25) is 0 Å². The maximum atomic E-state index is 15.1. The number of nitrogens with zero attached hydrogens (tertiary/aromatic N) is 1. The molecular formula is C53H53NO2. The first-order valence-corrected chi connectivity index (χ1v) is 21.7. The Hall–Kier alpha value is -4.50. The molecule has 7 aliphatic carbocycles. The summed E-state index contributed by atoms with van der Waals surface area (Å²) in [6.45, 7) is 18.8. The molecule has 0 amide bonds. The summed E-state index contributed by atoms with van der Waals surface area (Å²) in [5.74, 6) is 1.28. The number of carbonyl (C=O) groups excluding carboxylic acids is 2. The summed E-state index contributed by atoms with van der Waals surface area (Å²) in [6, 6.07) is 25.8. The second kappa shape index (κ2) is 10.1. The van der Waals surface area contributed by atoms with Crippen LogP contribution < -0.4 is 0 Å². The Morgan fingerprint density at radius 3 is 1.57 bits per heavy atom. The zero-order valence-corrected chi connectivity index (χ0v) is 34.4. The highest BCUT2D eigenvalue weighted by Gasteiger charge is 2.54. The number of Topliss-reactive ketones (excluding diaryl/α,β-unsaturated/α-hetero) is 2. The average molecular weight is 736 g/mol. The summed E-state index contributed by atoms with van der Waals surface area (Å²) in [5, 5.41) is 7.71. The molecule has 0 unspecified atom stereocenters. The van der Waals surface area contributed by atoms with Crippen molar-refractivity contribution >= 4 is 60.4 Å². The molecule has 4 bridgehead atoms. The monoisotopic (exact) mass is 735 g/mol. The van der Waals surface area contributed by atoms with Gasteiger partial charge >= 0.3 is 0 Å². The zero-order chi connectivity index (χ0) is 38.6. The second-order valence-corrected chi connectivity index (χ2v) is 21.0. The Bertz CT molecular complexity index is 2960.